The summed E-state index contributed by atoms with van der Waals surface area (Å²) in [5.74, 6) is 1.67. The summed E-state index contributed by atoms with van der Waals surface area (Å²) in [5.41, 5.74) is 0.145. The number of non-ortho nitro benzene ring substituents is 1. The molecule has 0 atom stereocenters. The predicted octanol–water partition coefficient (Wildman–Crippen LogP) is 2.33. The first kappa shape index (κ1) is 10.4. The zero-order valence-electron chi connectivity index (χ0n) is 8.09. The number of ether oxygens (including phenoxy) is 1. The monoisotopic (exact) mass is 225 g/mol. The third-order valence-corrected chi connectivity index (χ3v) is 3.48. The van der Waals surface area contributed by atoms with Crippen molar-refractivity contribution >= 4 is 17.4 Å². The molecule has 0 amide bonds. The van der Waals surface area contributed by atoms with E-state index >= 15 is 0 Å². The number of nitro groups is 1. The van der Waals surface area contributed by atoms with Gasteiger partial charge < -0.3 is 4.74 Å². The highest BCUT2D eigenvalue weighted by Crippen LogP contribution is 2.25. The van der Waals surface area contributed by atoms with Crippen LogP contribution in [0.25, 0.3) is 0 Å². The van der Waals surface area contributed by atoms with Crippen LogP contribution in [0.1, 0.15) is 0 Å². The summed E-state index contributed by atoms with van der Waals surface area (Å²) >= 11 is 1.72. The van der Waals surface area contributed by atoms with Crippen LogP contribution in [0.5, 0.6) is 0 Å². The Morgan fingerprint density at radius 2 is 2.07 bits per heavy atom. The van der Waals surface area contributed by atoms with E-state index in [-0.39, 0.29) is 10.6 Å². The molecule has 0 radical (unpaired) electrons. The zero-order chi connectivity index (χ0) is 10.7. The van der Waals surface area contributed by atoms with Gasteiger partial charge in [0, 0.05) is 28.7 Å². The molecule has 0 unspecified atom stereocenters. The van der Waals surface area contributed by atoms with Crippen molar-refractivity contribution < 1.29 is 9.66 Å². The van der Waals surface area contributed by atoms with Crippen LogP contribution in [-0.4, -0.2) is 23.9 Å². The summed E-state index contributed by atoms with van der Waals surface area (Å²) in [6, 6.07) is 6.67. The molecule has 5 heteroatoms. The summed E-state index contributed by atoms with van der Waals surface area (Å²) in [5, 5.41) is 10.4. The lowest BCUT2D eigenvalue weighted by molar-refractivity contribution is -0.384. The molecule has 2 rings (SSSR count). The van der Waals surface area contributed by atoms with E-state index in [0.29, 0.717) is 5.92 Å². The summed E-state index contributed by atoms with van der Waals surface area (Å²) < 4.78 is 5.07. The van der Waals surface area contributed by atoms with Gasteiger partial charge in [0.15, 0.2) is 0 Å². The number of nitrogens with zero attached hydrogens (tertiary/aromatic N) is 1. The summed E-state index contributed by atoms with van der Waals surface area (Å²) in [6.45, 7) is 1.69. The minimum Gasteiger partial charge on any atom is -0.381 e. The average molecular weight is 225 g/mol. The molecule has 4 nitrogen and oxygen atoms in total. The Kier molecular flexibility index (Phi) is 3.23. The van der Waals surface area contributed by atoms with Crippen LogP contribution in [-0.2, 0) is 4.74 Å². The van der Waals surface area contributed by atoms with Gasteiger partial charge in [0.2, 0.25) is 0 Å². The highest BCUT2D eigenvalue weighted by atomic mass is 32.2. The van der Waals surface area contributed by atoms with Gasteiger partial charge in [0.1, 0.15) is 0 Å². The highest BCUT2D eigenvalue weighted by Gasteiger charge is 2.18. The molecule has 0 N–H and O–H groups in total. The van der Waals surface area contributed by atoms with Gasteiger partial charge in [-0.25, -0.2) is 0 Å². The summed E-state index contributed by atoms with van der Waals surface area (Å²) in [6.07, 6.45) is 0. The van der Waals surface area contributed by atoms with Crippen LogP contribution in [0.15, 0.2) is 29.2 Å². The van der Waals surface area contributed by atoms with E-state index in [2.05, 4.69) is 0 Å². The number of nitro benzene ring substituents is 1. The Bertz CT molecular complexity index is 348. The Morgan fingerprint density at radius 1 is 1.40 bits per heavy atom. The molecule has 0 saturated carbocycles. The van der Waals surface area contributed by atoms with Crippen LogP contribution >= 0.6 is 11.8 Å². The molecule has 1 aromatic rings. The Labute approximate surface area is 91.8 Å². The van der Waals surface area contributed by atoms with Crippen LogP contribution in [0.4, 0.5) is 5.69 Å². The smallest absolute Gasteiger partial charge is 0.269 e. The van der Waals surface area contributed by atoms with E-state index in [1.807, 2.05) is 0 Å². The van der Waals surface area contributed by atoms with Crippen molar-refractivity contribution in [3.63, 3.8) is 0 Å². The third-order valence-electron chi connectivity index (χ3n) is 2.24. The van der Waals surface area contributed by atoms with Gasteiger partial charge >= 0.3 is 0 Å². The average Bonchev–Trinajstić information content (AvgIpc) is 2.16. The van der Waals surface area contributed by atoms with Crippen molar-refractivity contribution in [2.45, 2.75) is 4.90 Å². The number of hydrogen-bond donors (Lipinski definition) is 0. The Balaban J connectivity index is 1.88. The van der Waals surface area contributed by atoms with Gasteiger partial charge in [-0.05, 0) is 12.1 Å². The van der Waals surface area contributed by atoms with Crippen LogP contribution in [0.3, 0.4) is 0 Å². The van der Waals surface area contributed by atoms with Crippen LogP contribution in [0, 0.1) is 16.0 Å². The quantitative estimate of drug-likeness (QED) is 0.448. The molecule has 0 aromatic heterocycles. The maximum Gasteiger partial charge on any atom is 0.269 e. The second-order valence-electron chi connectivity index (χ2n) is 3.47. The standard InChI is InChI=1S/C10H11NO3S/c12-11(13)9-1-3-10(4-2-9)15-7-8-5-14-6-8/h1-4,8H,5-7H2. The second-order valence-corrected chi connectivity index (χ2v) is 4.56. The molecular weight excluding hydrogens is 214 g/mol. The predicted molar refractivity (Wildman–Crippen MR) is 58.1 cm³/mol. The van der Waals surface area contributed by atoms with Crippen molar-refractivity contribution in [3.8, 4) is 0 Å². The van der Waals surface area contributed by atoms with E-state index in [9.17, 15) is 10.1 Å². The molecule has 1 aliphatic rings. The molecule has 15 heavy (non-hydrogen) atoms. The third kappa shape index (κ3) is 2.70. The fourth-order valence-corrected chi connectivity index (χ4v) is 2.21. The van der Waals surface area contributed by atoms with E-state index in [4.69, 9.17) is 4.74 Å². The first-order valence-corrected chi connectivity index (χ1v) is 5.69. The lowest BCUT2D eigenvalue weighted by atomic mass is 10.1. The summed E-state index contributed by atoms with van der Waals surface area (Å²) in [7, 11) is 0. The first-order valence-electron chi connectivity index (χ1n) is 4.71. The lowest BCUT2D eigenvalue weighted by Crippen LogP contribution is -2.29. The van der Waals surface area contributed by atoms with E-state index in [1.165, 1.54) is 0 Å². The van der Waals surface area contributed by atoms with Crippen molar-refractivity contribution in [2.24, 2.45) is 5.92 Å². The van der Waals surface area contributed by atoms with Crippen LogP contribution in [0.2, 0.25) is 0 Å². The molecule has 80 valence electrons. The molecule has 0 bridgehead atoms. The van der Waals surface area contributed by atoms with E-state index in [0.717, 1.165) is 23.9 Å². The van der Waals surface area contributed by atoms with Gasteiger partial charge in [-0.3, -0.25) is 10.1 Å². The fraction of sp³-hybridized carbons (Fsp3) is 0.400. The lowest BCUT2D eigenvalue weighted by Gasteiger charge is -2.25. The zero-order valence-corrected chi connectivity index (χ0v) is 8.90. The number of rotatable bonds is 4. The largest absolute Gasteiger partial charge is 0.381 e. The van der Waals surface area contributed by atoms with Gasteiger partial charge in [0.25, 0.3) is 5.69 Å². The molecule has 1 saturated heterocycles. The molecule has 0 spiro atoms. The topological polar surface area (TPSA) is 52.4 Å². The number of hydrogen-bond acceptors (Lipinski definition) is 4. The molecular formula is C10H11NO3S. The SMILES string of the molecule is O=[N+]([O-])c1ccc(SCC2COC2)cc1. The van der Waals surface area contributed by atoms with Crippen LogP contribution < -0.4 is 0 Å². The Morgan fingerprint density at radius 3 is 2.53 bits per heavy atom. The van der Waals surface area contributed by atoms with E-state index < -0.39 is 0 Å². The normalized spacial score (nSPS) is 16.0. The van der Waals surface area contributed by atoms with Crippen molar-refractivity contribution in [2.75, 3.05) is 19.0 Å². The van der Waals surface area contributed by atoms with E-state index in [1.54, 1.807) is 36.0 Å². The second kappa shape index (κ2) is 4.63. The molecule has 0 aliphatic carbocycles. The van der Waals surface area contributed by atoms with Gasteiger partial charge in [0.05, 0.1) is 18.1 Å². The van der Waals surface area contributed by atoms with Crippen molar-refractivity contribution in [1.29, 1.82) is 0 Å². The highest BCUT2D eigenvalue weighted by molar-refractivity contribution is 7.99. The number of thioether (sulfide) groups is 1. The van der Waals surface area contributed by atoms with Crippen molar-refractivity contribution in [1.82, 2.24) is 0 Å². The first-order chi connectivity index (χ1) is 7.25. The molecule has 1 heterocycles. The maximum atomic E-state index is 10.4. The Hall–Kier alpha value is -1.07. The molecule has 1 aromatic carbocycles. The van der Waals surface area contributed by atoms with Gasteiger partial charge in [-0.15, -0.1) is 11.8 Å². The maximum absolute atomic E-state index is 10.4. The minimum atomic E-state index is -0.381. The molecule has 1 aliphatic heterocycles. The van der Waals surface area contributed by atoms with Gasteiger partial charge in [-0.2, -0.15) is 0 Å². The molecule has 1 fully saturated rings. The number of benzene rings is 1. The minimum absolute atomic E-state index is 0.145. The van der Waals surface area contributed by atoms with Gasteiger partial charge in [-0.1, -0.05) is 0 Å². The fourth-order valence-electron chi connectivity index (χ4n) is 1.26. The summed E-state index contributed by atoms with van der Waals surface area (Å²) in [4.78, 5) is 11.1. The van der Waals surface area contributed by atoms with Crippen molar-refractivity contribution in [3.05, 3.63) is 34.4 Å².